The van der Waals surface area contributed by atoms with Crippen LogP contribution < -0.4 is 4.74 Å². The molecule has 2 aliphatic heterocycles. The van der Waals surface area contributed by atoms with Gasteiger partial charge in [-0.25, -0.2) is 0 Å². The van der Waals surface area contributed by atoms with Gasteiger partial charge < -0.3 is 14.5 Å². The predicted molar refractivity (Wildman–Crippen MR) is 106 cm³/mol. The molecule has 0 bridgehead atoms. The number of thioether (sulfide) groups is 2. The third-order valence-corrected chi connectivity index (χ3v) is 7.28. The van der Waals surface area contributed by atoms with E-state index in [0.717, 1.165) is 54.9 Å². The van der Waals surface area contributed by atoms with Crippen molar-refractivity contribution in [2.45, 2.75) is 10.3 Å². The number of rotatable bonds is 6. The number of carbonyl (C=O) groups excluding carboxylic acids is 1. The number of piperazine rings is 1. The van der Waals surface area contributed by atoms with Crippen molar-refractivity contribution in [3.05, 3.63) is 24.3 Å². The van der Waals surface area contributed by atoms with Crippen molar-refractivity contribution < 1.29 is 9.53 Å². The highest BCUT2D eigenvalue weighted by atomic mass is 32.2. The lowest BCUT2D eigenvalue weighted by atomic mass is 10.3. The number of amides is 1. The molecule has 2 saturated heterocycles. The smallest absolute Gasteiger partial charge is 0.237 e. The lowest BCUT2D eigenvalue weighted by Gasteiger charge is -2.33. The van der Waals surface area contributed by atoms with E-state index in [2.05, 4.69) is 27.8 Å². The van der Waals surface area contributed by atoms with Gasteiger partial charge in [-0.3, -0.25) is 9.69 Å². The summed E-state index contributed by atoms with van der Waals surface area (Å²) in [5, 5.41) is 0.259. The maximum absolute atomic E-state index is 12.8. The molecule has 2 heterocycles. The van der Waals surface area contributed by atoms with Crippen LogP contribution in [0.15, 0.2) is 29.2 Å². The molecule has 25 heavy (non-hydrogen) atoms. The Kier molecular flexibility index (Phi) is 6.92. The Labute approximate surface area is 159 Å². The second kappa shape index (κ2) is 9.16. The third kappa shape index (κ3) is 5.06. The van der Waals surface area contributed by atoms with E-state index in [0.29, 0.717) is 6.54 Å². The van der Waals surface area contributed by atoms with Crippen LogP contribution in [0.25, 0.3) is 0 Å². The molecule has 3 rings (SSSR count). The van der Waals surface area contributed by atoms with Crippen LogP contribution in [0.1, 0.15) is 0 Å². The zero-order valence-electron chi connectivity index (χ0n) is 15.0. The maximum atomic E-state index is 12.8. The summed E-state index contributed by atoms with van der Waals surface area (Å²) in [6.07, 6.45) is 0. The molecule has 2 fully saturated rings. The number of hydrogen-bond acceptors (Lipinski definition) is 6. The van der Waals surface area contributed by atoms with Crippen molar-refractivity contribution >= 4 is 29.4 Å². The molecule has 0 radical (unpaired) electrons. The summed E-state index contributed by atoms with van der Waals surface area (Å²) < 4.78 is 5.43. The Morgan fingerprint density at radius 3 is 2.76 bits per heavy atom. The van der Waals surface area contributed by atoms with Gasteiger partial charge in [-0.05, 0) is 19.2 Å². The molecule has 7 heteroatoms. The quantitative estimate of drug-likeness (QED) is 0.701. The zero-order valence-corrected chi connectivity index (χ0v) is 16.7. The molecular weight excluding hydrogens is 354 g/mol. The number of hydrogen-bond donors (Lipinski definition) is 0. The molecular formula is C18H27N3O2S2. The first-order valence-electron chi connectivity index (χ1n) is 8.75. The summed E-state index contributed by atoms with van der Waals surface area (Å²) in [6, 6.07) is 8.09. The molecule has 0 saturated carbocycles. The fourth-order valence-electron chi connectivity index (χ4n) is 3.13. The fourth-order valence-corrected chi connectivity index (χ4v) is 5.67. The van der Waals surface area contributed by atoms with Gasteiger partial charge >= 0.3 is 0 Å². The van der Waals surface area contributed by atoms with Crippen LogP contribution >= 0.6 is 23.5 Å². The van der Waals surface area contributed by atoms with Crippen molar-refractivity contribution in [3.63, 3.8) is 0 Å². The first-order valence-corrected chi connectivity index (χ1v) is 10.8. The van der Waals surface area contributed by atoms with E-state index in [1.807, 2.05) is 30.0 Å². The molecule has 2 aliphatic rings. The number of ether oxygens (including phenoxy) is 1. The van der Waals surface area contributed by atoms with Crippen LogP contribution in [0.5, 0.6) is 5.75 Å². The lowest BCUT2D eigenvalue weighted by molar-refractivity contribution is -0.132. The Bertz CT molecular complexity index is 579. The number of carbonyl (C=O) groups is 1. The van der Waals surface area contributed by atoms with Crippen LogP contribution in [0.3, 0.4) is 0 Å². The molecule has 1 aromatic carbocycles. The first kappa shape index (κ1) is 18.9. The highest BCUT2D eigenvalue weighted by molar-refractivity contribution is 8.03. The van der Waals surface area contributed by atoms with E-state index in [-0.39, 0.29) is 11.3 Å². The summed E-state index contributed by atoms with van der Waals surface area (Å²) in [5.74, 6) is 3.12. The number of likely N-dealkylation sites (N-methyl/N-ethyl adjacent to an activating group) is 1. The number of para-hydroxylation sites is 1. The average molecular weight is 382 g/mol. The minimum absolute atomic E-state index is 0.259. The van der Waals surface area contributed by atoms with E-state index in [9.17, 15) is 4.79 Å². The molecule has 0 aliphatic carbocycles. The van der Waals surface area contributed by atoms with Crippen molar-refractivity contribution in [1.29, 1.82) is 0 Å². The van der Waals surface area contributed by atoms with Gasteiger partial charge in [-0.15, -0.1) is 23.5 Å². The van der Waals surface area contributed by atoms with Crippen molar-refractivity contribution in [2.75, 3.05) is 64.9 Å². The van der Waals surface area contributed by atoms with E-state index < -0.39 is 0 Å². The van der Waals surface area contributed by atoms with Gasteiger partial charge in [0, 0.05) is 49.1 Å². The molecule has 5 nitrogen and oxygen atoms in total. The van der Waals surface area contributed by atoms with Gasteiger partial charge in [-0.2, -0.15) is 0 Å². The highest BCUT2D eigenvalue weighted by Crippen LogP contribution is 2.34. The molecule has 138 valence electrons. The Morgan fingerprint density at radius 1 is 1.24 bits per heavy atom. The topological polar surface area (TPSA) is 36.0 Å². The molecule has 0 aromatic heterocycles. The van der Waals surface area contributed by atoms with E-state index in [1.54, 1.807) is 18.9 Å². The van der Waals surface area contributed by atoms with Crippen LogP contribution in [-0.2, 0) is 4.79 Å². The average Bonchev–Trinajstić information content (AvgIpc) is 3.11. The second-order valence-corrected chi connectivity index (χ2v) is 8.80. The Balaban J connectivity index is 1.52. The van der Waals surface area contributed by atoms with Crippen LogP contribution in [0, 0.1) is 0 Å². The van der Waals surface area contributed by atoms with Gasteiger partial charge in [0.25, 0.3) is 0 Å². The van der Waals surface area contributed by atoms with Gasteiger partial charge in [-0.1, -0.05) is 12.1 Å². The molecule has 0 spiro atoms. The van der Waals surface area contributed by atoms with Crippen LogP contribution in [-0.4, -0.2) is 90.9 Å². The standard InChI is InChI=1S/C18H27N3O2S2/c1-19-7-9-20(10-8-19)13-17(22)21-11-12-24-18(21)14-25-16-6-4-3-5-15(16)23-2/h3-6,18H,7-14H2,1-2H3. The van der Waals surface area contributed by atoms with Crippen molar-refractivity contribution in [2.24, 2.45) is 0 Å². The number of methoxy groups -OCH3 is 1. The van der Waals surface area contributed by atoms with Gasteiger partial charge in [0.05, 0.1) is 19.0 Å². The van der Waals surface area contributed by atoms with E-state index >= 15 is 0 Å². The molecule has 1 amide bonds. The number of nitrogens with zero attached hydrogens (tertiary/aromatic N) is 3. The summed E-state index contributed by atoms with van der Waals surface area (Å²) in [7, 11) is 3.84. The lowest BCUT2D eigenvalue weighted by Crippen LogP contribution is -2.49. The summed E-state index contributed by atoms with van der Waals surface area (Å²) in [6.45, 7) is 5.51. The largest absolute Gasteiger partial charge is 0.496 e. The molecule has 1 atom stereocenters. The fraction of sp³-hybridized carbons (Fsp3) is 0.611. The minimum Gasteiger partial charge on any atom is -0.496 e. The maximum Gasteiger partial charge on any atom is 0.237 e. The van der Waals surface area contributed by atoms with E-state index in [4.69, 9.17) is 4.74 Å². The van der Waals surface area contributed by atoms with Gasteiger partial charge in [0.1, 0.15) is 5.75 Å². The zero-order chi connectivity index (χ0) is 17.6. The van der Waals surface area contributed by atoms with Crippen LogP contribution in [0.4, 0.5) is 0 Å². The molecule has 1 aromatic rings. The molecule has 1 unspecified atom stereocenters. The molecule has 0 N–H and O–H groups in total. The monoisotopic (exact) mass is 381 g/mol. The Hall–Kier alpha value is -0.890. The summed E-state index contributed by atoms with van der Waals surface area (Å²) in [4.78, 5) is 20.6. The number of benzene rings is 1. The third-order valence-electron chi connectivity index (χ3n) is 4.72. The van der Waals surface area contributed by atoms with Gasteiger partial charge in [0.2, 0.25) is 5.91 Å². The predicted octanol–water partition coefficient (Wildman–Crippen LogP) is 1.94. The Morgan fingerprint density at radius 2 is 2.00 bits per heavy atom. The van der Waals surface area contributed by atoms with Crippen molar-refractivity contribution in [1.82, 2.24) is 14.7 Å². The van der Waals surface area contributed by atoms with Gasteiger partial charge in [0.15, 0.2) is 0 Å². The first-order chi connectivity index (χ1) is 12.2. The second-order valence-electron chi connectivity index (χ2n) is 6.45. The highest BCUT2D eigenvalue weighted by Gasteiger charge is 2.30. The summed E-state index contributed by atoms with van der Waals surface area (Å²) >= 11 is 3.67. The minimum atomic E-state index is 0.259. The summed E-state index contributed by atoms with van der Waals surface area (Å²) in [5.41, 5.74) is 0. The SMILES string of the molecule is COc1ccccc1SCC1SCCN1C(=O)CN1CCN(C)CC1. The van der Waals surface area contributed by atoms with Crippen molar-refractivity contribution in [3.8, 4) is 5.75 Å². The van der Waals surface area contributed by atoms with Crippen LogP contribution in [0.2, 0.25) is 0 Å². The van der Waals surface area contributed by atoms with E-state index in [1.165, 1.54) is 0 Å². The normalized spacial score (nSPS) is 22.3.